The number of nitrogens with zero attached hydrogens (tertiary/aromatic N) is 2. The van der Waals surface area contributed by atoms with Crippen molar-refractivity contribution in [1.82, 2.24) is 20.8 Å². The minimum absolute atomic E-state index is 0.129. The summed E-state index contributed by atoms with van der Waals surface area (Å²) in [6.07, 6.45) is 2.74. The van der Waals surface area contributed by atoms with Crippen LogP contribution in [-0.4, -0.2) is 15.4 Å². The molecule has 1 heterocycles. The van der Waals surface area contributed by atoms with Crippen LogP contribution in [0, 0.1) is 5.92 Å². The number of nitrogens with one attached hydrogen (secondary N) is 2. The van der Waals surface area contributed by atoms with E-state index in [-0.39, 0.29) is 6.04 Å². The molecule has 18 heavy (non-hydrogen) atoms. The highest BCUT2D eigenvalue weighted by atomic mass is 15.3. The lowest BCUT2D eigenvalue weighted by Gasteiger charge is -2.15. The molecule has 96 valence electrons. The van der Waals surface area contributed by atoms with E-state index in [1.165, 1.54) is 5.56 Å². The number of hydrogen-bond donors (Lipinski definition) is 3. The third-order valence-electron chi connectivity index (χ3n) is 2.82. The van der Waals surface area contributed by atoms with E-state index < -0.39 is 0 Å². The van der Waals surface area contributed by atoms with E-state index in [0.717, 1.165) is 17.7 Å². The third kappa shape index (κ3) is 2.94. The standard InChI is InChI=1S/C13H19N5/c1-9(2)6-10-4-3-5-11(7-10)13(16-14)12-8-15-18-17-12/h3-5,7-9,13,16H,6,14H2,1-2H3,(H,15,17,18). The monoisotopic (exact) mass is 245 g/mol. The third-order valence-corrected chi connectivity index (χ3v) is 2.82. The minimum atomic E-state index is -0.129. The molecule has 0 aliphatic heterocycles. The molecular weight excluding hydrogens is 226 g/mol. The summed E-state index contributed by atoms with van der Waals surface area (Å²) >= 11 is 0. The van der Waals surface area contributed by atoms with Crippen LogP contribution < -0.4 is 11.3 Å². The molecule has 0 fully saturated rings. The van der Waals surface area contributed by atoms with Gasteiger partial charge in [-0.15, -0.1) is 0 Å². The summed E-state index contributed by atoms with van der Waals surface area (Å²) < 4.78 is 0. The second-order valence-corrected chi connectivity index (χ2v) is 4.84. The molecule has 0 aliphatic rings. The summed E-state index contributed by atoms with van der Waals surface area (Å²) in [7, 11) is 0. The van der Waals surface area contributed by atoms with Gasteiger partial charge in [0.1, 0.15) is 5.69 Å². The Bertz CT molecular complexity index is 478. The van der Waals surface area contributed by atoms with Crippen LogP contribution in [0.15, 0.2) is 30.5 Å². The van der Waals surface area contributed by atoms with Crippen LogP contribution in [0.25, 0.3) is 0 Å². The molecule has 0 saturated heterocycles. The predicted molar refractivity (Wildman–Crippen MR) is 70.5 cm³/mol. The molecule has 1 aromatic heterocycles. The fourth-order valence-electron chi connectivity index (χ4n) is 2.07. The molecule has 1 unspecified atom stereocenters. The lowest BCUT2D eigenvalue weighted by Crippen LogP contribution is -2.29. The first-order chi connectivity index (χ1) is 8.70. The summed E-state index contributed by atoms with van der Waals surface area (Å²) in [6, 6.07) is 8.27. The van der Waals surface area contributed by atoms with E-state index in [0.29, 0.717) is 5.92 Å². The van der Waals surface area contributed by atoms with Crippen molar-refractivity contribution in [3.05, 3.63) is 47.3 Å². The topological polar surface area (TPSA) is 79.6 Å². The summed E-state index contributed by atoms with van der Waals surface area (Å²) in [5.74, 6) is 6.25. The van der Waals surface area contributed by atoms with E-state index in [1.54, 1.807) is 6.20 Å². The molecule has 1 atom stereocenters. The predicted octanol–water partition coefficient (Wildman–Crippen LogP) is 1.56. The van der Waals surface area contributed by atoms with Gasteiger partial charge in [-0.2, -0.15) is 15.4 Å². The number of aromatic nitrogens is 3. The number of hydrogen-bond acceptors (Lipinski definition) is 4. The summed E-state index contributed by atoms with van der Waals surface area (Å²) in [6.45, 7) is 4.42. The first-order valence-corrected chi connectivity index (χ1v) is 6.11. The lowest BCUT2D eigenvalue weighted by molar-refractivity contribution is 0.613. The van der Waals surface area contributed by atoms with Crippen molar-refractivity contribution in [2.75, 3.05) is 0 Å². The molecule has 2 aromatic rings. The molecule has 2 rings (SSSR count). The quantitative estimate of drug-likeness (QED) is 0.551. The van der Waals surface area contributed by atoms with E-state index in [1.807, 2.05) is 6.07 Å². The van der Waals surface area contributed by atoms with Crippen molar-refractivity contribution in [2.45, 2.75) is 26.3 Å². The SMILES string of the molecule is CC(C)Cc1cccc(C(NN)c2cn[nH]n2)c1. The van der Waals surface area contributed by atoms with Crippen LogP contribution in [0.5, 0.6) is 0 Å². The highest BCUT2D eigenvalue weighted by molar-refractivity contribution is 5.30. The van der Waals surface area contributed by atoms with Gasteiger partial charge in [-0.3, -0.25) is 5.84 Å². The van der Waals surface area contributed by atoms with Gasteiger partial charge in [-0.05, 0) is 23.5 Å². The number of aromatic amines is 1. The first kappa shape index (κ1) is 12.7. The maximum absolute atomic E-state index is 5.62. The Hall–Kier alpha value is -1.72. The molecule has 1 aromatic carbocycles. The van der Waals surface area contributed by atoms with Crippen molar-refractivity contribution in [1.29, 1.82) is 0 Å². The van der Waals surface area contributed by atoms with Crippen molar-refractivity contribution in [3.8, 4) is 0 Å². The summed E-state index contributed by atoms with van der Waals surface area (Å²) in [5.41, 5.74) is 5.98. The second kappa shape index (κ2) is 5.75. The van der Waals surface area contributed by atoms with Gasteiger partial charge >= 0.3 is 0 Å². The van der Waals surface area contributed by atoms with E-state index >= 15 is 0 Å². The molecule has 4 N–H and O–H groups in total. The van der Waals surface area contributed by atoms with Gasteiger partial charge in [0.2, 0.25) is 0 Å². The molecule has 0 aliphatic carbocycles. The normalized spacial score (nSPS) is 12.9. The van der Waals surface area contributed by atoms with Gasteiger partial charge in [0, 0.05) is 0 Å². The smallest absolute Gasteiger partial charge is 0.105 e. The fraction of sp³-hybridized carbons (Fsp3) is 0.385. The molecule has 0 saturated carbocycles. The van der Waals surface area contributed by atoms with E-state index in [2.05, 4.69) is 52.9 Å². The van der Waals surface area contributed by atoms with Gasteiger partial charge in [0.25, 0.3) is 0 Å². The minimum Gasteiger partial charge on any atom is -0.271 e. The van der Waals surface area contributed by atoms with Gasteiger partial charge in [-0.1, -0.05) is 38.1 Å². The van der Waals surface area contributed by atoms with Gasteiger partial charge < -0.3 is 0 Å². The van der Waals surface area contributed by atoms with Crippen LogP contribution >= 0.6 is 0 Å². The van der Waals surface area contributed by atoms with Crippen molar-refractivity contribution in [3.63, 3.8) is 0 Å². The Morgan fingerprint density at radius 3 is 2.83 bits per heavy atom. The Balaban J connectivity index is 2.26. The largest absolute Gasteiger partial charge is 0.271 e. The average molecular weight is 245 g/mol. The molecule has 5 heteroatoms. The van der Waals surface area contributed by atoms with Crippen LogP contribution in [0.3, 0.4) is 0 Å². The molecule has 0 bridgehead atoms. The van der Waals surface area contributed by atoms with Crippen LogP contribution in [0.2, 0.25) is 0 Å². The summed E-state index contributed by atoms with van der Waals surface area (Å²) in [5, 5.41) is 10.5. The highest BCUT2D eigenvalue weighted by Gasteiger charge is 2.15. The molecule has 0 spiro atoms. The zero-order chi connectivity index (χ0) is 13.0. The van der Waals surface area contributed by atoms with Crippen molar-refractivity contribution in [2.24, 2.45) is 11.8 Å². The Labute approximate surface area is 107 Å². The number of benzene rings is 1. The van der Waals surface area contributed by atoms with Crippen LogP contribution in [0.1, 0.15) is 36.7 Å². The molecular formula is C13H19N5. The Morgan fingerprint density at radius 2 is 2.22 bits per heavy atom. The Morgan fingerprint density at radius 1 is 1.39 bits per heavy atom. The number of H-pyrrole nitrogens is 1. The molecule has 0 radical (unpaired) electrons. The summed E-state index contributed by atoms with van der Waals surface area (Å²) in [4.78, 5) is 0. The maximum atomic E-state index is 5.62. The van der Waals surface area contributed by atoms with Crippen LogP contribution in [-0.2, 0) is 6.42 Å². The number of rotatable bonds is 5. The number of hydrazine groups is 1. The van der Waals surface area contributed by atoms with Gasteiger partial charge in [-0.25, -0.2) is 5.43 Å². The first-order valence-electron chi connectivity index (χ1n) is 6.11. The van der Waals surface area contributed by atoms with Crippen molar-refractivity contribution < 1.29 is 0 Å². The maximum Gasteiger partial charge on any atom is 0.105 e. The van der Waals surface area contributed by atoms with Crippen molar-refractivity contribution >= 4 is 0 Å². The van der Waals surface area contributed by atoms with E-state index in [9.17, 15) is 0 Å². The highest BCUT2D eigenvalue weighted by Crippen LogP contribution is 2.20. The Kier molecular flexibility index (Phi) is 4.07. The zero-order valence-corrected chi connectivity index (χ0v) is 10.7. The molecule has 0 amide bonds. The second-order valence-electron chi connectivity index (χ2n) is 4.84. The van der Waals surface area contributed by atoms with Crippen LogP contribution in [0.4, 0.5) is 0 Å². The molecule has 5 nitrogen and oxygen atoms in total. The van der Waals surface area contributed by atoms with Gasteiger partial charge in [0.05, 0.1) is 12.2 Å². The van der Waals surface area contributed by atoms with Gasteiger partial charge in [0.15, 0.2) is 0 Å². The number of nitrogens with two attached hydrogens (primary N) is 1. The lowest BCUT2D eigenvalue weighted by atomic mass is 9.97. The van der Waals surface area contributed by atoms with E-state index in [4.69, 9.17) is 5.84 Å². The fourth-order valence-corrected chi connectivity index (χ4v) is 2.07. The zero-order valence-electron chi connectivity index (χ0n) is 10.7. The average Bonchev–Trinajstić information content (AvgIpc) is 2.83.